The van der Waals surface area contributed by atoms with Gasteiger partial charge < -0.3 is 35.6 Å². The molecule has 0 spiro atoms. The SMILES string of the molecule is COc1nc(-c2cccc(-c3cccc4c3CC[C@@H]4Nc3nc(OC)c(CNCC(=O)O)nc3C(F)(F)F)c2Cl)ccc1CNC[C@H]1C[C@H](O)C1. The molecular formula is C36H38ClF3N6O5. The van der Waals surface area contributed by atoms with E-state index in [2.05, 4.69) is 25.9 Å². The highest BCUT2D eigenvalue weighted by atomic mass is 35.5. The summed E-state index contributed by atoms with van der Waals surface area (Å²) in [4.78, 5) is 23.6. The molecule has 2 aliphatic rings. The maximum atomic E-state index is 14.2. The van der Waals surface area contributed by atoms with Gasteiger partial charge in [0.05, 0.1) is 43.6 Å². The Morgan fingerprint density at radius 3 is 2.37 bits per heavy atom. The Labute approximate surface area is 297 Å². The molecule has 11 nitrogen and oxygen atoms in total. The number of halogens is 4. The summed E-state index contributed by atoms with van der Waals surface area (Å²) < 4.78 is 53.6. The first-order valence-corrected chi connectivity index (χ1v) is 16.9. The molecule has 4 aromatic rings. The van der Waals surface area contributed by atoms with Crippen molar-refractivity contribution in [3.8, 4) is 34.1 Å². The van der Waals surface area contributed by atoms with E-state index in [-0.39, 0.29) is 24.2 Å². The summed E-state index contributed by atoms with van der Waals surface area (Å²) in [5.74, 6) is -0.854. The van der Waals surface area contributed by atoms with Crippen molar-refractivity contribution in [1.82, 2.24) is 25.6 Å². The number of aliphatic hydroxyl groups is 1. The summed E-state index contributed by atoms with van der Waals surface area (Å²) in [5, 5.41) is 27.8. The molecule has 15 heteroatoms. The predicted octanol–water partition coefficient (Wildman–Crippen LogP) is 6.03. The van der Waals surface area contributed by atoms with Crippen molar-refractivity contribution in [3.05, 3.63) is 81.6 Å². The average molecular weight is 727 g/mol. The highest BCUT2D eigenvalue weighted by Gasteiger charge is 2.39. The molecule has 2 aromatic carbocycles. The van der Waals surface area contributed by atoms with Crippen molar-refractivity contribution < 1.29 is 37.7 Å². The van der Waals surface area contributed by atoms with Crippen LogP contribution in [0.1, 0.15) is 53.4 Å². The van der Waals surface area contributed by atoms with Crippen molar-refractivity contribution in [3.63, 3.8) is 0 Å². The number of carboxylic acids is 1. The summed E-state index contributed by atoms with van der Waals surface area (Å²) in [6.45, 7) is 0.624. The lowest BCUT2D eigenvalue weighted by atomic mass is 9.82. The first-order valence-electron chi connectivity index (χ1n) is 16.5. The number of nitrogens with one attached hydrogen (secondary N) is 3. The predicted molar refractivity (Wildman–Crippen MR) is 185 cm³/mol. The number of aliphatic carboxylic acids is 1. The monoisotopic (exact) mass is 726 g/mol. The Morgan fingerprint density at radius 2 is 1.67 bits per heavy atom. The van der Waals surface area contributed by atoms with Crippen LogP contribution in [0.15, 0.2) is 48.5 Å². The number of rotatable bonds is 14. The number of carbonyl (C=O) groups is 1. The van der Waals surface area contributed by atoms with E-state index in [4.69, 9.17) is 31.2 Å². The molecule has 0 unspecified atom stereocenters. The van der Waals surface area contributed by atoms with Crippen molar-refractivity contribution in [2.24, 2.45) is 5.92 Å². The lowest BCUT2D eigenvalue weighted by Gasteiger charge is -2.31. The summed E-state index contributed by atoms with van der Waals surface area (Å²) >= 11 is 7.08. The quantitative estimate of drug-likeness (QED) is 0.104. The van der Waals surface area contributed by atoms with E-state index in [1.807, 2.05) is 48.5 Å². The van der Waals surface area contributed by atoms with E-state index in [0.29, 0.717) is 47.5 Å². The molecule has 2 heterocycles. The van der Waals surface area contributed by atoms with Gasteiger partial charge in [0, 0.05) is 29.8 Å². The third-order valence-electron chi connectivity index (χ3n) is 9.20. The van der Waals surface area contributed by atoms with Crippen LogP contribution < -0.4 is 25.4 Å². The second-order valence-corrected chi connectivity index (χ2v) is 13.0. The standard InChI is InChI=1S/C36H38ClF3N6O5/c1-50-34-20(16-41-15-19-13-21(47)14-19)9-11-28(45-34)26-8-4-7-25(31(26)37)22-5-3-6-24-23(22)10-12-27(24)44-33-32(36(38,39)40)43-29(35(46-33)51-2)17-42-18-30(48)49/h3-9,11,19,21,27,41-42,47H,10,12-18H2,1-2H3,(H,44,46)(H,48,49)/t19-,21-,27-/m0/s1. The first-order chi connectivity index (χ1) is 24.5. The number of fused-ring (bicyclic) bond motifs is 1. The number of alkyl halides is 3. The molecular weight excluding hydrogens is 689 g/mol. The Hall–Kier alpha value is -4.50. The van der Waals surface area contributed by atoms with Gasteiger partial charge in [0.2, 0.25) is 11.8 Å². The Bertz CT molecular complexity index is 1910. The van der Waals surface area contributed by atoms with E-state index >= 15 is 0 Å². The molecule has 1 fully saturated rings. The number of nitrogens with zero attached hydrogens (tertiary/aromatic N) is 3. The number of hydrogen-bond donors (Lipinski definition) is 5. The molecule has 0 aliphatic heterocycles. The van der Waals surface area contributed by atoms with Crippen molar-refractivity contribution in [2.45, 2.75) is 57.1 Å². The average Bonchev–Trinajstić information content (AvgIpc) is 3.50. The fraction of sp³-hybridized carbons (Fsp3) is 0.389. The van der Waals surface area contributed by atoms with E-state index in [0.717, 1.165) is 47.2 Å². The normalized spacial score (nSPS) is 18.2. The van der Waals surface area contributed by atoms with Crippen LogP contribution in [0.3, 0.4) is 0 Å². The molecule has 0 amide bonds. The Kier molecular flexibility index (Phi) is 11.0. The number of methoxy groups -OCH3 is 2. The van der Waals surface area contributed by atoms with Crippen molar-refractivity contribution >= 4 is 23.4 Å². The largest absolute Gasteiger partial charge is 0.481 e. The number of carboxylic acid groups (broad SMARTS) is 1. The van der Waals surface area contributed by atoms with Gasteiger partial charge in [0.1, 0.15) is 5.69 Å². The number of pyridine rings is 1. The van der Waals surface area contributed by atoms with E-state index in [9.17, 15) is 23.1 Å². The molecule has 1 saturated carbocycles. The summed E-state index contributed by atoms with van der Waals surface area (Å²) in [5.41, 5.74) is 4.22. The fourth-order valence-electron chi connectivity index (χ4n) is 6.69. The minimum atomic E-state index is -4.84. The van der Waals surface area contributed by atoms with Gasteiger partial charge >= 0.3 is 12.1 Å². The number of hydrogen-bond acceptors (Lipinski definition) is 10. The Balaban J connectivity index is 1.25. The van der Waals surface area contributed by atoms with Crippen molar-refractivity contribution in [1.29, 1.82) is 0 Å². The van der Waals surface area contributed by atoms with Gasteiger partial charge in [0.15, 0.2) is 11.5 Å². The molecule has 6 rings (SSSR count). The summed E-state index contributed by atoms with van der Waals surface area (Å²) in [6, 6.07) is 14.7. The number of ether oxygens (including phenoxy) is 2. The second-order valence-electron chi connectivity index (χ2n) is 12.6. The van der Waals surface area contributed by atoms with E-state index in [1.54, 1.807) is 7.11 Å². The lowest BCUT2D eigenvalue weighted by Crippen LogP contribution is -2.35. The number of aliphatic hydroxyl groups excluding tert-OH is 1. The second kappa shape index (κ2) is 15.4. The molecule has 0 bridgehead atoms. The molecule has 0 saturated heterocycles. The molecule has 0 radical (unpaired) electrons. The van der Waals surface area contributed by atoms with Gasteiger partial charge in [-0.3, -0.25) is 4.79 Å². The van der Waals surface area contributed by atoms with Gasteiger partial charge in [-0.1, -0.05) is 54.1 Å². The zero-order valence-electron chi connectivity index (χ0n) is 28.0. The lowest BCUT2D eigenvalue weighted by molar-refractivity contribution is -0.141. The maximum Gasteiger partial charge on any atom is 0.437 e. The Morgan fingerprint density at radius 1 is 0.941 bits per heavy atom. The van der Waals surface area contributed by atoms with Crippen LogP contribution in [0.5, 0.6) is 11.8 Å². The maximum absolute atomic E-state index is 14.2. The zero-order valence-corrected chi connectivity index (χ0v) is 28.7. The smallest absolute Gasteiger partial charge is 0.437 e. The third kappa shape index (κ3) is 8.04. The van der Waals surface area contributed by atoms with Crippen LogP contribution in [-0.2, 0) is 30.5 Å². The molecule has 5 N–H and O–H groups in total. The molecule has 2 aliphatic carbocycles. The van der Waals surface area contributed by atoms with Crippen LogP contribution in [0.25, 0.3) is 22.4 Å². The van der Waals surface area contributed by atoms with Gasteiger partial charge in [-0.15, -0.1) is 0 Å². The van der Waals surface area contributed by atoms with Crippen LogP contribution in [0, 0.1) is 5.92 Å². The van der Waals surface area contributed by atoms with Gasteiger partial charge in [0.25, 0.3) is 0 Å². The summed E-state index contributed by atoms with van der Waals surface area (Å²) in [6.07, 6.45) is -2.35. The van der Waals surface area contributed by atoms with Gasteiger partial charge in [-0.2, -0.15) is 18.2 Å². The molecule has 270 valence electrons. The molecule has 51 heavy (non-hydrogen) atoms. The number of anilines is 1. The van der Waals surface area contributed by atoms with Crippen molar-refractivity contribution in [2.75, 3.05) is 32.6 Å². The van der Waals surface area contributed by atoms with Gasteiger partial charge in [-0.05, 0) is 60.9 Å². The highest BCUT2D eigenvalue weighted by molar-refractivity contribution is 6.36. The molecule has 1 atom stereocenters. The van der Waals surface area contributed by atoms with E-state index < -0.39 is 36.2 Å². The van der Waals surface area contributed by atoms with Crippen LogP contribution in [-0.4, -0.2) is 64.5 Å². The minimum absolute atomic E-state index is 0.150. The third-order valence-corrected chi connectivity index (χ3v) is 9.61. The van der Waals surface area contributed by atoms with E-state index in [1.165, 1.54) is 7.11 Å². The fourth-order valence-corrected chi connectivity index (χ4v) is 7.01. The minimum Gasteiger partial charge on any atom is -0.481 e. The van der Waals surface area contributed by atoms with Crippen LogP contribution >= 0.6 is 11.6 Å². The zero-order chi connectivity index (χ0) is 36.3. The number of aromatic nitrogens is 3. The van der Waals surface area contributed by atoms with Gasteiger partial charge in [-0.25, -0.2) is 9.97 Å². The van der Waals surface area contributed by atoms with Crippen LogP contribution in [0.2, 0.25) is 5.02 Å². The first kappa shape index (κ1) is 36.3. The van der Waals surface area contributed by atoms with Crippen LogP contribution in [0.4, 0.5) is 19.0 Å². The highest BCUT2D eigenvalue weighted by Crippen LogP contribution is 2.44. The topological polar surface area (TPSA) is 151 Å². The summed E-state index contributed by atoms with van der Waals surface area (Å²) in [7, 11) is 2.83. The number of benzene rings is 2. The molecule has 2 aromatic heterocycles.